The average Bonchev–Trinajstić information content (AvgIpc) is 2.89. The lowest BCUT2D eigenvalue weighted by Gasteiger charge is -2.15. The molecule has 0 aliphatic carbocycles. The summed E-state index contributed by atoms with van der Waals surface area (Å²) in [6, 6.07) is 24.2. The van der Waals surface area contributed by atoms with Crippen LogP contribution in [0.2, 0.25) is 15.1 Å². The van der Waals surface area contributed by atoms with E-state index in [0.717, 1.165) is 16.3 Å². The Bertz CT molecular complexity index is 1540. The minimum Gasteiger partial charge on any atom is -0.490 e. The van der Waals surface area contributed by atoms with Gasteiger partial charge in [0.25, 0.3) is 5.91 Å². The Kier molecular flexibility index (Phi) is 8.58. The van der Waals surface area contributed by atoms with Crippen molar-refractivity contribution < 1.29 is 14.3 Å². The normalized spacial score (nSPS) is 11.2. The van der Waals surface area contributed by atoms with Crippen LogP contribution in [0.5, 0.6) is 11.5 Å². The number of rotatable bonds is 8. The highest BCUT2D eigenvalue weighted by molar-refractivity contribution is 6.44. The summed E-state index contributed by atoms with van der Waals surface area (Å²) in [4.78, 5) is 12.7. The van der Waals surface area contributed by atoms with Crippen molar-refractivity contribution in [2.24, 2.45) is 0 Å². The molecule has 0 aliphatic heterocycles. The fraction of sp³-hybridized carbons (Fsp3) is 0.103. The third-order valence-electron chi connectivity index (χ3n) is 5.40. The van der Waals surface area contributed by atoms with Gasteiger partial charge in [-0.2, -0.15) is 5.26 Å². The highest BCUT2D eigenvalue weighted by atomic mass is 35.5. The molecule has 0 spiro atoms. The molecule has 5 nitrogen and oxygen atoms in total. The Balaban J connectivity index is 1.57. The summed E-state index contributed by atoms with van der Waals surface area (Å²) in [6.07, 6.45) is 1.41. The van der Waals surface area contributed by atoms with Gasteiger partial charge in [-0.3, -0.25) is 4.79 Å². The molecule has 4 aromatic carbocycles. The zero-order chi connectivity index (χ0) is 26.4. The lowest BCUT2D eigenvalue weighted by molar-refractivity contribution is -0.112. The Morgan fingerprint density at radius 3 is 2.49 bits per heavy atom. The van der Waals surface area contributed by atoms with E-state index in [9.17, 15) is 10.1 Å². The number of carbonyl (C=O) groups excluding carboxylic acids is 1. The van der Waals surface area contributed by atoms with Crippen LogP contribution in [0.25, 0.3) is 16.8 Å². The molecule has 1 amide bonds. The van der Waals surface area contributed by atoms with Crippen LogP contribution in [-0.4, -0.2) is 12.5 Å². The highest BCUT2D eigenvalue weighted by Crippen LogP contribution is 2.38. The van der Waals surface area contributed by atoms with E-state index in [2.05, 4.69) is 17.4 Å². The number of halogens is 3. The Morgan fingerprint density at radius 2 is 1.73 bits per heavy atom. The van der Waals surface area contributed by atoms with Gasteiger partial charge in [0.05, 0.1) is 27.4 Å². The summed E-state index contributed by atoms with van der Waals surface area (Å²) in [7, 11) is 0. The molecule has 4 aromatic rings. The molecule has 0 aromatic heterocycles. The number of benzene rings is 4. The smallest absolute Gasteiger partial charge is 0.266 e. The second kappa shape index (κ2) is 12.0. The molecular weight excluding hydrogens is 531 g/mol. The summed E-state index contributed by atoms with van der Waals surface area (Å²) >= 11 is 18.7. The van der Waals surface area contributed by atoms with Gasteiger partial charge in [-0.25, -0.2) is 0 Å². The number of fused-ring (bicyclic) bond motifs is 1. The highest BCUT2D eigenvalue weighted by Gasteiger charge is 2.16. The first kappa shape index (κ1) is 26.4. The predicted molar refractivity (Wildman–Crippen MR) is 150 cm³/mol. The molecule has 0 heterocycles. The number of hydrogen-bond acceptors (Lipinski definition) is 4. The van der Waals surface area contributed by atoms with Gasteiger partial charge in [-0.05, 0) is 65.2 Å². The van der Waals surface area contributed by atoms with Gasteiger partial charge in [0, 0.05) is 0 Å². The first-order chi connectivity index (χ1) is 17.9. The summed E-state index contributed by atoms with van der Waals surface area (Å²) in [5.41, 5.74) is 1.62. The largest absolute Gasteiger partial charge is 0.490 e. The molecule has 0 atom stereocenters. The van der Waals surface area contributed by atoms with Crippen LogP contribution in [-0.2, 0) is 11.4 Å². The third-order valence-corrected chi connectivity index (χ3v) is 6.50. The van der Waals surface area contributed by atoms with E-state index in [-0.39, 0.29) is 27.2 Å². The zero-order valence-corrected chi connectivity index (χ0v) is 22.0. The van der Waals surface area contributed by atoms with E-state index in [0.29, 0.717) is 29.4 Å². The maximum Gasteiger partial charge on any atom is 0.266 e. The van der Waals surface area contributed by atoms with Crippen molar-refractivity contribution in [3.8, 4) is 17.6 Å². The van der Waals surface area contributed by atoms with Gasteiger partial charge in [-0.1, -0.05) is 77.3 Å². The van der Waals surface area contributed by atoms with Gasteiger partial charge < -0.3 is 14.8 Å². The van der Waals surface area contributed by atoms with Crippen LogP contribution >= 0.6 is 34.8 Å². The number of anilines is 1. The maximum absolute atomic E-state index is 12.7. The third kappa shape index (κ3) is 6.36. The van der Waals surface area contributed by atoms with Gasteiger partial charge in [0.15, 0.2) is 11.5 Å². The SMILES string of the molecule is CCOc1cc(/C=C(/C#N)C(=O)Nc2cccc(Cl)c2Cl)cc(Cl)c1OCc1ccc2ccccc2c1. The Hall–Kier alpha value is -3.69. The number of nitriles is 1. The minimum absolute atomic E-state index is 0.153. The number of nitrogens with zero attached hydrogens (tertiary/aromatic N) is 1. The molecule has 8 heteroatoms. The Morgan fingerprint density at radius 1 is 0.946 bits per heavy atom. The molecule has 0 radical (unpaired) electrons. The first-order valence-corrected chi connectivity index (χ1v) is 12.5. The summed E-state index contributed by atoms with van der Waals surface area (Å²) in [6.45, 7) is 2.49. The molecule has 37 heavy (non-hydrogen) atoms. The van der Waals surface area contributed by atoms with Crippen LogP contribution in [0.15, 0.2) is 78.4 Å². The van der Waals surface area contributed by atoms with Gasteiger partial charge in [0.1, 0.15) is 18.2 Å². The van der Waals surface area contributed by atoms with E-state index < -0.39 is 5.91 Å². The van der Waals surface area contributed by atoms with Crippen LogP contribution in [0.1, 0.15) is 18.1 Å². The van der Waals surface area contributed by atoms with Crippen molar-refractivity contribution >= 4 is 63.2 Å². The van der Waals surface area contributed by atoms with E-state index in [1.165, 1.54) is 6.08 Å². The molecule has 0 fully saturated rings. The lowest BCUT2D eigenvalue weighted by atomic mass is 10.1. The van der Waals surface area contributed by atoms with Crippen LogP contribution < -0.4 is 14.8 Å². The average molecular weight is 552 g/mol. The van der Waals surface area contributed by atoms with E-state index >= 15 is 0 Å². The van der Waals surface area contributed by atoms with Crippen molar-refractivity contribution in [1.82, 2.24) is 0 Å². The minimum atomic E-state index is -0.641. The number of amides is 1. The van der Waals surface area contributed by atoms with Crippen molar-refractivity contribution in [2.45, 2.75) is 13.5 Å². The second-order valence-electron chi connectivity index (χ2n) is 7.96. The van der Waals surface area contributed by atoms with E-state index in [4.69, 9.17) is 44.3 Å². The van der Waals surface area contributed by atoms with Crippen molar-refractivity contribution in [3.63, 3.8) is 0 Å². The molecule has 186 valence electrons. The van der Waals surface area contributed by atoms with Crippen LogP contribution in [0.3, 0.4) is 0 Å². The van der Waals surface area contributed by atoms with E-state index in [1.54, 1.807) is 30.3 Å². The fourth-order valence-electron chi connectivity index (χ4n) is 3.66. The number of nitrogens with one attached hydrogen (secondary N) is 1. The van der Waals surface area contributed by atoms with Crippen LogP contribution in [0.4, 0.5) is 5.69 Å². The monoisotopic (exact) mass is 550 g/mol. The summed E-state index contributed by atoms with van der Waals surface area (Å²) < 4.78 is 11.8. The number of hydrogen-bond donors (Lipinski definition) is 1. The molecular formula is C29H21Cl3N2O3. The molecule has 0 saturated carbocycles. The van der Waals surface area contributed by atoms with E-state index in [1.807, 2.05) is 43.3 Å². The molecule has 4 rings (SSSR count). The lowest BCUT2D eigenvalue weighted by Crippen LogP contribution is -2.13. The number of carbonyl (C=O) groups is 1. The van der Waals surface area contributed by atoms with Crippen molar-refractivity contribution in [3.05, 3.63) is 105 Å². The standard InChI is InChI=1S/C29H21Cl3N2O3/c1-2-36-26-15-19(13-22(16-33)29(35)34-25-9-5-8-23(30)27(25)32)14-24(31)28(26)37-17-18-10-11-20-6-3-4-7-21(20)12-18/h3-15H,2,17H2,1H3,(H,34,35)/b22-13-. The quantitative estimate of drug-likeness (QED) is 0.176. The maximum atomic E-state index is 12.7. The van der Waals surface area contributed by atoms with Crippen molar-refractivity contribution in [2.75, 3.05) is 11.9 Å². The molecule has 0 bridgehead atoms. The molecule has 0 unspecified atom stereocenters. The zero-order valence-electron chi connectivity index (χ0n) is 19.7. The molecule has 0 aliphatic rings. The molecule has 0 saturated heterocycles. The Labute approximate surface area is 229 Å². The fourth-order valence-corrected chi connectivity index (χ4v) is 4.29. The van der Waals surface area contributed by atoms with Crippen molar-refractivity contribution in [1.29, 1.82) is 5.26 Å². The van der Waals surface area contributed by atoms with Gasteiger partial charge >= 0.3 is 0 Å². The van der Waals surface area contributed by atoms with Gasteiger partial charge in [-0.15, -0.1) is 0 Å². The van der Waals surface area contributed by atoms with Crippen LogP contribution in [0, 0.1) is 11.3 Å². The van der Waals surface area contributed by atoms with Gasteiger partial charge in [0.2, 0.25) is 0 Å². The summed E-state index contributed by atoms with van der Waals surface area (Å²) in [5, 5.41) is 15.2. The summed E-state index contributed by atoms with van der Waals surface area (Å²) in [5.74, 6) is 0.137. The predicted octanol–water partition coefficient (Wildman–Crippen LogP) is 8.32. The first-order valence-electron chi connectivity index (χ1n) is 11.3. The second-order valence-corrected chi connectivity index (χ2v) is 9.15. The molecule has 1 N–H and O–H groups in total. The number of ether oxygens (including phenoxy) is 2. The topological polar surface area (TPSA) is 71.3 Å².